The van der Waals surface area contributed by atoms with Crippen molar-refractivity contribution in [1.29, 1.82) is 0 Å². The number of carbonyl (C=O) groups excluding carboxylic acids is 1. The molecule has 1 heterocycles. The van der Waals surface area contributed by atoms with Gasteiger partial charge in [-0.25, -0.2) is 10.2 Å². The SMILES string of the molecule is CCOC(=O)NNC(=S)NC[C@H]1CCCO1. The lowest BCUT2D eigenvalue weighted by Crippen LogP contribution is -2.48. The van der Waals surface area contributed by atoms with Crippen LogP contribution in [0.4, 0.5) is 4.79 Å². The number of thiocarbonyl (C=S) groups is 1. The number of hydrogen-bond donors (Lipinski definition) is 3. The summed E-state index contributed by atoms with van der Waals surface area (Å²) in [5.41, 5.74) is 4.83. The van der Waals surface area contributed by atoms with E-state index in [-0.39, 0.29) is 6.10 Å². The fraction of sp³-hybridized carbons (Fsp3) is 0.778. The average molecular weight is 247 g/mol. The van der Waals surface area contributed by atoms with Gasteiger partial charge in [-0.1, -0.05) is 0 Å². The molecule has 0 unspecified atom stereocenters. The Morgan fingerprint density at radius 3 is 3.00 bits per heavy atom. The van der Waals surface area contributed by atoms with Crippen molar-refractivity contribution in [3.8, 4) is 0 Å². The highest BCUT2D eigenvalue weighted by molar-refractivity contribution is 7.80. The van der Waals surface area contributed by atoms with Gasteiger partial charge in [-0.2, -0.15) is 0 Å². The molecule has 7 heteroatoms. The van der Waals surface area contributed by atoms with Crippen LogP contribution in [-0.4, -0.2) is 37.1 Å². The average Bonchev–Trinajstić information content (AvgIpc) is 2.77. The van der Waals surface area contributed by atoms with Gasteiger partial charge >= 0.3 is 6.09 Å². The molecular weight excluding hydrogens is 230 g/mol. The lowest BCUT2D eigenvalue weighted by atomic mass is 10.2. The van der Waals surface area contributed by atoms with Crippen LogP contribution >= 0.6 is 12.2 Å². The highest BCUT2D eigenvalue weighted by Crippen LogP contribution is 2.10. The number of ether oxygens (including phenoxy) is 2. The number of nitrogens with one attached hydrogen (secondary N) is 3. The maximum absolute atomic E-state index is 10.9. The first-order valence-corrected chi connectivity index (χ1v) is 5.71. The molecule has 0 aromatic rings. The van der Waals surface area contributed by atoms with Crippen molar-refractivity contribution in [3.63, 3.8) is 0 Å². The zero-order chi connectivity index (χ0) is 11.8. The van der Waals surface area contributed by atoms with E-state index in [1.807, 2.05) is 0 Å². The summed E-state index contributed by atoms with van der Waals surface area (Å²) in [6, 6.07) is 0. The maximum Gasteiger partial charge on any atom is 0.425 e. The van der Waals surface area contributed by atoms with Gasteiger partial charge in [-0.3, -0.25) is 5.43 Å². The molecule has 1 amide bonds. The van der Waals surface area contributed by atoms with Crippen molar-refractivity contribution in [1.82, 2.24) is 16.2 Å². The largest absolute Gasteiger partial charge is 0.449 e. The van der Waals surface area contributed by atoms with Crippen LogP contribution < -0.4 is 16.2 Å². The van der Waals surface area contributed by atoms with Gasteiger partial charge in [-0.05, 0) is 32.0 Å². The molecule has 1 atom stereocenters. The van der Waals surface area contributed by atoms with E-state index >= 15 is 0 Å². The molecule has 0 aromatic heterocycles. The highest BCUT2D eigenvalue weighted by Gasteiger charge is 2.15. The van der Waals surface area contributed by atoms with Crippen LogP contribution in [0.15, 0.2) is 0 Å². The zero-order valence-electron chi connectivity index (χ0n) is 9.25. The second-order valence-corrected chi connectivity index (χ2v) is 3.72. The molecule has 1 saturated heterocycles. The molecule has 1 fully saturated rings. The molecule has 3 N–H and O–H groups in total. The van der Waals surface area contributed by atoms with Crippen molar-refractivity contribution in [2.45, 2.75) is 25.9 Å². The lowest BCUT2D eigenvalue weighted by molar-refractivity contribution is 0.114. The van der Waals surface area contributed by atoms with Gasteiger partial charge in [0.1, 0.15) is 0 Å². The minimum atomic E-state index is -0.552. The molecule has 16 heavy (non-hydrogen) atoms. The summed E-state index contributed by atoms with van der Waals surface area (Å²) in [7, 11) is 0. The monoisotopic (exact) mass is 247 g/mol. The van der Waals surface area contributed by atoms with E-state index in [0.717, 1.165) is 19.4 Å². The van der Waals surface area contributed by atoms with Crippen molar-refractivity contribution < 1.29 is 14.3 Å². The zero-order valence-corrected chi connectivity index (χ0v) is 10.1. The molecular formula is C9H17N3O3S. The van der Waals surface area contributed by atoms with E-state index in [1.165, 1.54) is 0 Å². The summed E-state index contributed by atoms with van der Waals surface area (Å²) in [4.78, 5) is 10.9. The van der Waals surface area contributed by atoms with Crippen LogP contribution in [0.5, 0.6) is 0 Å². The summed E-state index contributed by atoms with van der Waals surface area (Å²) >= 11 is 4.94. The molecule has 1 aliphatic rings. The molecule has 92 valence electrons. The summed E-state index contributed by atoms with van der Waals surface area (Å²) in [5, 5.41) is 3.30. The van der Waals surface area contributed by atoms with Crippen LogP contribution in [-0.2, 0) is 9.47 Å². The normalized spacial score (nSPS) is 18.9. The molecule has 0 spiro atoms. The van der Waals surface area contributed by atoms with Crippen LogP contribution in [0.3, 0.4) is 0 Å². The van der Waals surface area contributed by atoms with Crippen LogP contribution in [0.1, 0.15) is 19.8 Å². The van der Waals surface area contributed by atoms with E-state index in [9.17, 15) is 4.79 Å². The Balaban J connectivity index is 2.04. The Hall–Kier alpha value is -1.08. The predicted octanol–water partition coefficient (Wildman–Crippen LogP) is 0.291. The van der Waals surface area contributed by atoms with Crippen LogP contribution in [0.25, 0.3) is 0 Å². The third kappa shape index (κ3) is 5.13. The Kier molecular flexibility index (Phi) is 5.87. The Morgan fingerprint density at radius 2 is 2.38 bits per heavy atom. The first-order valence-electron chi connectivity index (χ1n) is 5.30. The van der Waals surface area contributed by atoms with Gasteiger partial charge in [0, 0.05) is 13.2 Å². The van der Waals surface area contributed by atoms with Crippen LogP contribution in [0, 0.1) is 0 Å². The lowest BCUT2D eigenvalue weighted by Gasteiger charge is -2.14. The maximum atomic E-state index is 10.9. The third-order valence-electron chi connectivity index (χ3n) is 2.07. The van der Waals surface area contributed by atoms with Gasteiger partial charge in [0.25, 0.3) is 0 Å². The Morgan fingerprint density at radius 1 is 1.56 bits per heavy atom. The molecule has 0 saturated carbocycles. The minimum absolute atomic E-state index is 0.211. The summed E-state index contributed by atoms with van der Waals surface area (Å²) in [6.07, 6.45) is 1.79. The number of carbonyl (C=O) groups is 1. The molecule has 6 nitrogen and oxygen atoms in total. The highest BCUT2D eigenvalue weighted by atomic mass is 32.1. The third-order valence-corrected chi connectivity index (χ3v) is 2.31. The van der Waals surface area contributed by atoms with E-state index in [4.69, 9.17) is 17.0 Å². The minimum Gasteiger partial charge on any atom is -0.449 e. The van der Waals surface area contributed by atoms with Crippen LogP contribution in [0.2, 0.25) is 0 Å². The number of rotatable bonds is 3. The first kappa shape index (κ1) is 13.0. The van der Waals surface area contributed by atoms with Gasteiger partial charge in [0.05, 0.1) is 12.7 Å². The number of hydrogen-bond acceptors (Lipinski definition) is 4. The fourth-order valence-corrected chi connectivity index (χ4v) is 1.47. The first-order chi connectivity index (χ1) is 7.72. The predicted molar refractivity (Wildman–Crippen MR) is 62.9 cm³/mol. The molecule has 0 bridgehead atoms. The van der Waals surface area contributed by atoms with Gasteiger partial charge < -0.3 is 14.8 Å². The fourth-order valence-electron chi connectivity index (χ4n) is 1.33. The van der Waals surface area contributed by atoms with E-state index in [1.54, 1.807) is 6.92 Å². The second-order valence-electron chi connectivity index (χ2n) is 3.32. The molecule has 0 aromatic carbocycles. The van der Waals surface area contributed by atoms with Gasteiger partial charge in [0.15, 0.2) is 5.11 Å². The Labute approximate surface area is 100 Å². The molecule has 0 aliphatic carbocycles. The summed E-state index contributed by atoms with van der Waals surface area (Å²) < 4.78 is 10.1. The Bertz CT molecular complexity index is 244. The topological polar surface area (TPSA) is 71.6 Å². The van der Waals surface area contributed by atoms with E-state index in [0.29, 0.717) is 18.3 Å². The summed E-state index contributed by atoms with van der Waals surface area (Å²) in [6.45, 7) is 3.52. The smallest absolute Gasteiger partial charge is 0.425 e. The van der Waals surface area contributed by atoms with E-state index in [2.05, 4.69) is 20.9 Å². The summed E-state index contributed by atoms with van der Waals surface area (Å²) in [5.74, 6) is 0. The van der Waals surface area contributed by atoms with Gasteiger partial charge in [0.2, 0.25) is 0 Å². The number of amides is 1. The molecule has 1 aliphatic heterocycles. The number of hydrazine groups is 1. The molecule has 1 rings (SSSR count). The van der Waals surface area contributed by atoms with Crippen molar-refractivity contribution >= 4 is 23.4 Å². The second kappa shape index (κ2) is 7.24. The quantitative estimate of drug-likeness (QED) is 0.492. The van der Waals surface area contributed by atoms with Gasteiger partial charge in [-0.15, -0.1) is 0 Å². The van der Waals surface area contributed by atoms with Crippen molar-refractivity contribution in [2.75, 3.05) is 19.8 Å². The standard InChI is InChI=1S/C9H17N3O3S/c1-2-14-9(13)12-11-8(16)10-6-7-4-3-5-15-7/h7H,2-6H2,1H3,(H,12,13)(H2,10,11,16)/t7-/m1/s1. The van der Waals surface area contributed by atoms with Crippen molar-refractivity contribution in [2.24, 2.45) is 0 Å². The molecule has 0 radical (unpaired) electrons. The van der Waals surface area contributed by atoms with Crippen molar-refractivity contribution in [3.05, 3.63) is 0 Å². The van der Waals surface area contributed by atoms with E-state index < -0.39 is 6.09 Å².